The van der Waals surface area contributed by atoms with E-state index in [2.05, 4.69) is 34.4 Å². The molecule has 1 aliphatic rings. The lowest BCUT2D eigenvalue weighted by molar-refractivity contribution is -0.128. The third-order valence-electron chi connectivity index (χ3n) is 4.84. The third kappa shape index (κ3) is 5.77. The average Bonchev–Trinajstić information content (AvgIpc) is 2.79. The van der Waals surface area contributed by atoms with Gasteiger partial charge in [0.1, 0.15) is 12.2 Å². The second-order valence-electron chi connectivity index (χ2n) is 7.14. The summed E-state index contributed by atoms with van der Waals surface area (Å²) < 4.78 is 12.7. The molecule has 8 heteroatoms. The molecule has 2 aromatic rings. The van der Waals surface area contributed by atoms with Gasteiger partial charge in [0, 0.05) is 16.6 Å². The van der Waals surface area contributed by atoms with E-state index in [1.54, 1.807) is 25.3 Å². The van der Waals surface area contributed by atoms with Gasteiger partial charge < -0.3 is 9.47 Å². The summed E-state index contributed by atoms with van der Waals surface area (Å²) in [6, 6.07) is 11.4. The summed E-state index contributed by atoms with van der Waals surface area (Å²) in [5.74, 6) is 0.0327. The highest BCUT2D eigenvalue weighted by molar-refractivity contribution is 9.10. The lowest BCUT2D eigenvalue weighted by Gasteiger charge is -2.27. The van der Waals surface area contributed by atoms with E-state index in [0.29, 0.717) is 30.1 Å². The zero-order chi connectivity index (χ0) is 24.0. The summed E-state index contributed by atoms with van der Waals surface area (Å²) in [4.78, 5) is 26.6. The molecular formula is C25H23BrN2O4S. The molecule has 0 bridgehead atoms. The molecule has 0 spiro atoms. The fourth-order valence-corrected chi connectivity index (χ4v) is 3.80. The number of carbonyl (C=O) groups excluding carboxylic acids is 2. The van der Waals surface area contributed by atoms with E-state index in [0.717, 1.165) is 15.6 Å². The number of thiocarbonyl (C=S) groups is 1. The molecule has 33 heavy (non-hydrogen) atoms. The molecule has 0 aromatic heterocycles. The second-order valence-corrected chi connectivity index (χ2v) is 8.44. The molecule has 170 valence electrons. The first-order valence-corrected chi connectivity index (χ1v) is 11.3. The van der Waals surface area contributed by atoms with Gasteiger partial charge in [-0.25, -0.2) is 0 Å². The molecule has 1 heterocycles. The Kier molecular flexibility index (Phi) is 8.19. The molecule has 6 nitrogen and oxygen atoms in total. The Bertz CT molecular complexity index is 1140. The van der Waals surface area contributed by atoms with Crippen molar-refractivity contribution < 1.29 is 19.1 Å². The van der Waals surface area contributed by atoms with Crippen molar-refractivity contribution in [1.82, 2.24) is 10.2 Å². The Balaban J connectivity index is 1.97. The number of carbonyl (C=O) groups is 2. The van der Waals surface area contributed by atoms with Crippen molar-refractivity contribution in [1.29, 1.82) is 0 Å². The molecule has 0 atom stereocenters. The number of methoxy groups -OCH3 is 1. The van der Waals surface area contributed by atoms with Crippen LogP contribution in [0.15, 0.2) is 71.8 Å². The van der Waals surface area contributed by atoms with Crippen molar-refractivity contribution in [2.45, 2.75) is 13.0 Å². The quantitative estimate of drug-likeness (QED) is 0.224. The number of nitrogens with zero attached hydrogens (tertiary/aromatic N) is 1. The first-order chi connectivity index (χ1) is 15.9. The summed E-state index contributed by atoms with van der Waals surface area (Å²) in [7, 11) is 1.54. The van der Waals surface area contributed by atoms with Crippen molar-refractivity contribution in [2.75, 3.05) is 13.7 Å². The fourth-order valence-electron chi connectivity index (χ4n) is 3.28. The van der Waals surface area contributed by atoms with E-state index in [-0.39, 0.29) is 17.2 Å². The number of hydrogen-bond donors (Lipinski definition) is 1. The zero-order valence-electron chi connectivity index (χ0n) is 18.1. The van der Waals surface area contributed by atoms with E-state index in [4.69, 9.17) is 21.7 Å². The molecular weight excluding hydrogens is 504 g/mol. The zero-order valence-corrected chi connectivity index (χ0v) is 20.5. The molecule has 0 unspecified atom stereocenters. The van der Waals surface area contributed by atoms with Gasteiger partial charge in [-0.3, -0.25) is 19.8 Å². The predicted molar refractivity (Wildman–Crippen MR) is 136 cm³/mol. The first kappa shape index (κ1) is 24.4. The predicted octanol–water partition coefficient (Wildman–Crippen LogP) is 4.58. The van der Waals surface area contributed by atoms with Crippen LogP contribution in [-0.2, 0) is 22.6 Å². The molecule has 2 aromatic carbocycles. The molecule has 3 rings (SSSR count). The molecule has 1 fully saturated rings. The Morgan fingerprint density at radius 3 is 2.52 bits per heavy atom. The maximum atomic E-state index is 12.8. The number of hydrogen-bond acceptors (Lipinski definition) is 5. The number of halogens is 1. The van der Waals surface area contributed by atoms with Crippen LogP contribution in [0.25, 0.3) is 6.08 Å². The van der Waals surface area contributed by atoms with Crippen molar-refractivity contribution >= 4 is 51.2 Å². The summed E-state index contributed by atoms with van der Waals surface area (Å²) in [6.45, 7) is 8.00. The Labute approximate surface area is 206 Å². The van der Waals surface area contributed by atoms with Crippen LogP contribution in [0, 0.1) is 0 Å². The van der Waals surface area contributed by atoms with Crippen molar-refractivity contribution in [3.8, 4) is 11.5 Å². The van der Waals surface area contributed by atoms with Crippen LogP contribution >= 0.6 is 28.1 Å². The lowest BCUT2D eigenvalue weighted by Crippen LogP contribution is -2.53. The average molecular weight is 527 g/mol. The van der Waals surface area contributed by atoms with Crippen LogP contribution in [0.3, 0.4) is 0 Å². The van der Waals surface area contributed by atoms with Gasteiger partial charge in [0.15, 0.2) is 16.6 Å². The standard InChI is InChI=1S/C25H23BrN2O4S/c1-4-6-18-12-17(13-20-23(29)27-25(33)28(11-5-2)24(20)30)14-21(31-3)22(18)32-15-16-7-9-19(26)10-8-16/h4-5,7-10,12-14H,1-2,6,11,15H2,3H3,(H,27,29,33)/b20-13+. The van der Waals surface area contributed by atoms with Crippen LogP contribution in [0.2, 0.25) is 0 Å². The van der Waals surface area contributed by atoms with Crippen LogP contribution in [-0.4, -0.2) is 35.5 Å². The molecule has 0 saturated carbocycles. The van der Waals surface area contributed by atoms with Gasteiger partial charge in [-0.15, -0.1) is 13.2 Å². The number of ether oxygens (including phenoxy) is 2. The molecule has 0 radical (unpaired) electrons. The number of amides is 2. The number of rotatable bonds is 9. The molecule has 2 amide bonds. The normalized spacial score (nSPS) is 14.8. The van der Waals surface area contributed by atoms with Gasteiger partial charge in [0.05, 0.1) is 7.11 Å². The minimum absolute atomic E-state index is 0.0272. The highest BCUT2D eigenvalue weighted by Gasteiger charge is 2.32. The highest BCUT2D eigenvalue weighted by Crippen LogP contribution is 2.35. The van der Waals surface area contributed by atoms with Crippen LogP contribution in [0.4, 0.5) is 0 Å². The topological polar surface area (TPSA) is 67.9 Å². The molecule has 0 aliphatic carbocycles. The third-order valence-corrected chi connectivity index (χ3v) is 5.69. The van der Waals surface area contributed by atoms with Gasteiger partial charge >= 0.3 is 0 Å². The van der Waals surface area contributed by atoms with Crippen LogP contribution in [0.5, 0.6) is 11.5 Å². The van der Waals surface area contributed by atoms with Crippen LogP contribution in [0.1, 0.15) is 16.7 Å². The molecule has 1 saturated heterocycles. The summed E-state index contributed by atoms with van der Waals surface area (Å²) >= 11 is 8.52. The van der Waals surface area contributed by atoms with E-state index in [1.807, 2.05) is 30.3 Å². The largest absolute Gasteiger partial charge is 0.493 e. The maximum Gasteiger partial charge on any atom is 0.265 e. The SMILES string of the molecule is C=CCc1cc(/C=C2\C(=O)NC(=S)N(CC=C)C2=O)cc(OC)c1OCc1ccc(Br)cc1. The smallest absolute Gasteiger partial charge is 0.265 e. The summed E-state index contributed by atoms with van der Waals surface area (Å²) in [5, 5.41) is 2.60. The first-order valence-electron chi connectivity index (χ1n) is 10.1. The fraction of sp³-hybridized carbons (Fsp3) is 0.160. The number of nitrogens with one attached hydrogen (secondary N) is 1. The van der Waals surface area contributed by atoms with Gasteiger partial charge in [0.2, 0.25) is 0 Å². The molecule has 1 N–H and O–H groups in total. The monoisotopic (exact) mass is 526 g/mol. The van der Waals surface area contributed by atoms with E-state index in [9.17, 15) is 9.59 Å². The van der Waals surface area contributed by atoms with Crippen LogP contribution < -0.4 is 14.8 Å². The Morgan fingerprint density at radius 1 is 1.15 bits per heavy atom. The van der Waals surface area contributed by atoms with Crippen molar-refractivity contribution in [3.05, 3.63) is 88.4 Å². The van der Waals surface area contributed by atoms with Gasteiger partial charge in [0.25, 0.3) is 11.8 Å². The van der Waals surface area contributed by atoms with Crippen molar-refractivity contribution in [2.24, 2.45) is 0 Å². The van der Waals surface area contributed by atoms with E-state index in [1.165, 1.54) is 11.0 Å². The number of benzene rings is 2. The maximum absolute atomic E-state index is 12.8. The Morgan fingerprint density at radius 2 is 1.88 bits per heavy atom. The summed E-state index contributed by atoms with van der Waals surface area (Å²) in [6.07, 6.45) is 5.32. The van der Waals surface area contributed by atoms with E-state index >= 15 is 0 Å². The second kappa shape index (κ2) is 11.1. The van der Waals surface area contributed by atoms with Gasteiger partial charge in [-0.05, 0) is 60.1 Å². The number of allylic oxidation sites excluding steroid dienone is 1. The van der Waals surface area contributed by atoms with Crippen molar-refractivity contribution in [3.63, 3.8) is 0 Å². The molecule has 1 aliphatic heterocycles. The Hall–Kier alpha value is -3.23. The minimum atomic E-state index is -0.551. The lowest BCUT2D eigenvalue weighted by atomic mass is 10.0. The van der Waals surface area contributed by atoms with Gasteiger partial charge in [-0.1, -0.05) is 40.2 Å². The van der Waals surface area contributed by atoms with E-state index < -0.39 is 11.8 Å². The highest BCUT2D eigenvalue weighted by atomic mass is 79.9. The summed E-state index contributed by atoms with van der Waals surface area (Å²) in [5.41, 5.74) is 2.40. The van der Waals surface area contributed by atoms with Gasteiger partial charge in [-0.2, -0.15) is 0 Å². The minimum Gasteiger partial charge on any atom is -0.493 e.